The minimum absolute atomic E-state index is 0.00992. The summed E-state index contributed by atoms with van der Waals surface area (Å²) in [5.74, 6) is 0.151. The summed E-state index contributed by atoms with van der Waals surface area (Å²) in [5, 5.41) is 0.667. The molecule has 1 aromatic rings. The second-order valence-corrected chi connectivity index (χ2v) is 5.93. The van der Waals surface area contributed by atoms with E-state index < -0.39 is 0 Å². The molecule has 0 saturated carbocycles. The highest BCUT2D eigenvalue weighted by molar-refractivity contribution is 6.31. The van der Waals surface area contributed by atoms with Crippen molar-refractivity contribution in [1.29, 1.82) is 0 Å². The predicted molar refractivity (Wildman–Crippen MR) is 80.2 cm³/mol. The summed E-state index contributed by atoms with van der Waals surface area (Å²) < 4.78 is 0. The molecule has 3 nitrogen and oxygen atoms in total. The quantitative estimate of drug-likeness (QED) is 0.853. The number of halogens is 1. The van der Waals surface area contributed by atoms with E-state index in [0.29, 0.717) is 17.0 Å². The number of carbonyl (C=O) groups excluding carboxylic acids is 2. The van der Waals surface area contributed by atoms with E-state index in [4.69, 9.17) is 11.6 Å². The van der Waals surface area contributed by atoms with E-state index in [2.05, 4.69) is 0 Å². The third kappa shape index (κ3) is 3.40. The summed E-state index contributed by atoms with van der Waals surface area (Å²) in [4.78, 5) is 25.8. The predicted octanol–water partition coefficient (Wildman–Crippen LogP) is 3.62. The Labute approximate surface area is 124 Å². The molecule has 1 amide bonds. The van der Waals surface area contributed by atoms with Crippen molar-refractivity contribution in [3.63, 3.8) is 0 Å². The maximum Gasteiger partial charge on any atom is 0.254 e. The van der Waals surface area contributed by atoms with Gasteiger partial charge in [0.15, 0.2) is 0 Å². The largest absolute Gasteiger partial charge is 0.335 e. The van der Waals surface area contributed by atoms with Crippen LogP contribution in [-0.4, -0.2) is 29.2 Å². The van der Waals surface area contributed by atoms with Crippen molar-refractivity contribution >= 4 is 23.3 Å². The molecule has 1 saturated heterocycles. The number of aryl methyl sites for hydroxylation is 1. The van der Waals surface area contributed by atoms with Gasteiger partial charge in [-0.25, -0.2) is 0 Å². The summed E-state index contributed by atoms with van der Waals surface area (Å²) >= 11 is 6.00. The Balaban J connectivity index is 2.20. The Morgan fingerprint density at radius 2 is 2.10 bits per heavy atom. The molecule has 0 N–H and O–H groups in total. The molecule has 0 bridgehead atoms. The van der Waals surface area contributed by atoms with E-state index in [-0.39, 0.29) is 17.7 Å². The Morgan fingerprint density at radius 3 is 2.75 bits per heavy atom. The molecule has 108 valence electrons. The molecule has 1 heterocycles. The highest BCUT2D eigenvalue weighted by Gasteiger charge is 2.28. The first kappa shape index (κ1) is 15.0. The Bertz CT molecular complexity index is 527. The fraction of sp³-hybridized carbons (Fsp3) is 0.500. The van der Waals surface area contributed by atoms with E-state index >= 15 is 0 Å². The van der Waals surface area contributed by atoms with Crippen molar-refractivity contribution in [1.82, 2.24) is 4.90 Å². The van der Waals surface area contributed by atoms with Gasteiger partial charge in [0.05, 0.1) is 0 Å². The first-order chi connectivity index (χ1) is 9.49. The van der Waals surface area contributed by atoms with Gasteiger partial charge in [0.25, 0.3) is 5.91 Å². The zero-order valence-corrected chi connectivity index (χ0v) is 12.7. The van der Waals surface area contributed by atoms with Crippen LogP contribution in [-0.2, 0) is 4.79 Å². The summed E-state index contributed by atoms with van der Waals surface area (Å²) in [6.45, 7) is 4.21. The number of hydrogen-bond acceptors (Lipinski definition) is 2. The average Bonchev–Trinajstić information content (AvgIpc) is 2.41. The molecule has 20 heavy (non-hydrogen) atoms. The monoisotopic (exact) mass is 293 g/mol. The maximum absolute atomic E-state index is 12.6. The molecule has 1 fully saturated rings. The highest BCUT2D eigenvalue weighted by atomic mass is 35.5. The topological polar surface area (TPSA) is 37.4 Å². The van der Waals surface area contributed by atoms with Crippen LogP contribution in [0, 0.1) is 6.92 Å². The molecule has 0 aromatic heterocycles. The smallest absolute Gasteiger partial charge is 0.254 e. The molecule has 1 aliphatic rings. The van der Waals surface area contributed by atoms with Crippen molar-refractivity contribution < 1.29 is 9.59 Å². The van der Waals surface area contributed by atoms with E-state index in [1.165, 1.54) is 0 Å². The molecule has 0 radical (unpaired) electrons. The van der Waals surface area contributed by atoms with Crippen LogP contribution < -0.4 is 0 Å². The number of amides is 1. The lowest BCUT2D eigenvalue weighted by molar-refractivity contribution is -0.118. The lowest BCUT2D eigenvalue weighted by Gasteiger charge is -2.35. The minimum Gasteiger partial charge on any atom is -0.335 e. The first-order valence-electron chi connectivity index (χ1n) is 7.05. The molecular formula is C16H20ClNO2. The number of benzene rings is 1. The van der Waals surface area contributed by atoms with Gasteiger partial charge in [0.2, 0.25) is 0 Å². The normalized spacial score (nSPS) is 18.9. The number of ketones is 1. The minimum atomic E-state index is 0.00992. The lowest BCUT2D eigenvalue weighted by atomic mass is 9.96. The van der Waals surface area contributed by atoms with Gasteiger partial charge in [-0.05, 0) is 56.9 Å². The van der Waals surface area contributed by atoms with Gasteiger partial charge in [0.1, 0.15) is 5.78 Å². The average molecular weight is 294 g/mol. The second kappa shape index (κ2) is 6.40. The second-order valence-electron chi connectivity index (χ2n) is 5.52. The zero-order valence-electron chi connectivity index (χ0n) is 12.0. The lowest BCUT2D eigenvalue weighted by Crippen LogP contribution is -2.44. The number of piperidine rings is 1. The number of rotatable bonds is 3. The van der Waals surface area contributed by atoms with Gasteiger partial charge < -0.3 is 4.90 Å². The van der Waals surface area contributed by atoms with Gasteiger partial charge in [-0.3, -0.25) is 9.59 Å². The molecule has 0 spiro atoms. The Kier molecular flexibility index (Phi) is 4.81. The van der Waals surface area contributed by atoms with Gasteiger partial charge in [-0.2, -0.15) is 0 Å². The summed E-state index contributed by atoms with van der Waals surface area (Å²) in [7, 11) is 0. The zero-order chi connectivity index (χ0) is 14.7. The number of likely N-dealkylation sites (tertiary alicyclic amines) is 1. The summed E-state index contributed by atoms with van der Waals surface area (Å²) in [6, 6.07) is 5.39. The van der Waals surface area contributed by atoms with Crippen molar-refractivity contribution in [2.45, 2.75) is 45.6 Å². The van der Waals surface area contributed by atoms with Crippen LogP contribution in [0.1, 0.15) is 48.5 Å². The highest BCUT2D eigenvalue weighted by Crippen LogP contribution is 2.24. The van der Waals surface area contributed by atoms with Gasteiger partial charge in [0, 0.05) is 29.6 Å². The van der Waals surface area contributed by atoms with Crippen LogP contribution in [0.5, 0.6) is 0 Å². The molecule has 2 rings (SSSR count). The van der Waals surface area contributed by atoms with Crippen LogP contribution in [0.4, 0.5) is 0 Å². The van der Waals surface area contributed by atoms with Crippen LogP contribution in [0.2, 0.25) is 5.02 Å². The molecule has 1 atom stereocenters. The molecule has 1 aromatic carbocycles. The SMILES string of the molecule is CC(=O)CC1CCCCN1C(=O)c1ccc(Cl)c(C)c1. The van der Waals surface area contributed by atoms with Crippen molar-refractivity contribution in [2.24, 2.45) is 0 Å². The third-order valence-corrected chi connectivity index (χ3v) is 4.24. The Morgan fingerprint density at radius 1 is 1.35 bits per heavy atom. The van der Waals surface area contributed by atoms with Crippen LogP contribution in [0.3, 0.4) is 0 Å². The van der Waals surface area contributed by atoms with E-state index in [0.717, 1.165) is 31.4 Å². The number of nitrogens with zero attached hydrogens (tertiary/aromatic N) is 1. The fourth-order valence-corrected chi connectivity index (χ4v) is 2.87. The fourth-order valence-electron chi connectivity index (χ4n) is 2.76. The third-order valence-electron chi connectivity index (χ3n) is 3.82. The molecule has 1 unspecified atom stereocenters. The van der Waals surface area contributed by atoms with E-state index in [1.807, 2.05) is 17.9 Å². The van der Waals surface area contributed by atoms with Crippen LogP contribution in [0.25, 0.3) is 0 Å². The molecule has 4 heteroatoms. The molecule has 1 aliphatic heterocycles. The molecular weight excluding hydrogens is 274 g/mol. The Hall–Kier alpha value is -1.35. The van der Waals surface area contributed by atoms with Gasteiger partial charge in [-0.1, -0.05) is 11.6 Å². The number of Topliss-reactive ketones (excluding diaryl/α,β-unsaturated/α-hetero) is 1. The number of carbonyl (C=O) groups is 2. The van der Waals surface area contributed by atoms with E-state index in [1.54, 1.807) is 19.1 Å². The van der Waals surface area contributed by atoms with Crippen LogP contribution >= 0.6 is 11.6 Å². The van der Waals surface area contributed by atoms with Crippen LogP contribution in [0.15, 0.2) is 18.2 Å². The first-order valence-corrected chi connectivity index (χ1v) is 7.43. The summed E-state index contributed by atoms with van der Waals surface area (Å²) in [6.07, 6.45) is 3.46. The maximum atomic E-state index is 12.6. The summed E-state index contributed by atoms with van der Waals surface area (Å²) in [5.41, 5.74) is 1.56. The van der Waals surface area contributed by atoms with Gasteiger partial charge in [-0.15, -0.1) is 0 Å². The van der Waals surface area contributed by atoms with E-state index in [9.17, 15) is 9.59 Å². The van der Waals surface area contributed by atoms with Crippen molar-refractivity contribution in [2.75, 3.05) is 6.54 Å². The van der Waals surface area contributed by atoms with Crippen molar-refractivity contribution in [3.05, 3.63) is 34.3 Å². The molecule has 0 aliphatic carbocycles. The van der Waals surface area contributed by atoms with Gasteiger partial charge >= 0.3 is 0 Å². The standard InChI is InChI=1S/C16H20ClNO2/c1-11-9-13(6-7-15(11)17)16(20)18-8-4-3-5-14(18)10-12(2)19/h6-7,9,14H,3-5,8,10H2,1-2H3. The van der Waals surface area contributed by atoms with Crippen molar-refractivity contribution in [3.8, 4) is 0 Å². The number of hydrogen-bond donors (Lipinski definition) is 0.